The first-order chi connectivity index (χ1) is 10.1. The lowest BCUT2D eigenvalue weighted by molar-refractivity contribution is 0.282. The molecule has 2 nitrogen and oxygen atoms in total. The molecule has 0 spiro atoms. The van der Waals surface area contributed by atoms with Crippen molar-refractivity contribution in [3.05, 3.63) is 28.8 Å². The molecule has 0 fully saturated rings. The third kappa shape index (κ3) is 5.31. The molecule has 22 heavy (non-hydrogen) atoms. The molecule has 0 aliphatic carbocycles. The van der Waals surface area contributed by atoms with Crippen molar-refractivity contribution in [3.63, 3.8) is 0 Å². The monoisotopic (exact) mass is 306 g/mol. The van der Waals surface area contributed by atoms with Crippen LogP contribution in [0.5, 0.6) is 5.75 Å². The highest BCUT2D eigenvalue weighted by molar-refractivity contribution is 5.49. The second kappa shape index (κ2) is 7.50. The molecular formula is C20H34O2. The first kappa shape index (κ1) is 19.0. The van der Waals surface area contributed by atoms with Gasteiger partial charge in [-0.15, -0.1) is 0 Å². The second-order valence-corrected chi connectivity index (χ2v) is 8.43. The van der Waals surface area contributed by atoms with Crippen molar-refractivity contribution in [2.45, 2.75) is 84.5 Å². The predicted molar refractivity (Wildman–Crippen MR) is 94.8 cm³/mol. The van der Waals surface area contributed by atoms with Crippen LogP contribution >= 0.6 is 0 Å². The normalized spacial score (nSPS) is 12.7. The molecule has 1 rings (SSSR count). The van der Waals surface area contributed by atoms with Gasteiger partial charge in [0.1, 0.15) is 5.75 Å². The van der Waals surface area contributed by atoms with Gasteiger partial charge in [-0.1, -0.05) is 66.5 Å². The molecule has 126 valence electrons. The Bertz CT molecular complexity index is 440. The smallest absolute Gasteiger partial charge is 0.123 e. The highest BCUT2D eigenvalue weighted by atomic mass is 16.3. The lowest BCUT2D eigenvalue weighted by Crippen LogP contribution is -2.18. The van der Waals surface area contributed by atoms with E-state index < -0.39 is 0 Å². The van der Waals surface area contributed by atoms with E-state index in [-0.39, 0.29) is 10.8 Å². The molecule has 1 aromatic rings. The number of aryl methyl sites for hydroxylation is 1. The molecule has 2 heteroatoms. The summed E-state index contributed by atoms with van der Waals surface area (Å²) in [6.45, 7) is 13.2. The molecule has 1 aromatic carbocycles. The highest BCUT2D eigenvalue weighted by Gasteiger charge is 2.26. The zero-order valence-corrected chi connectivity index (χ0v) is 15.3. The SMILES string of the molecule is CC(C)(C)c1cc(CCCCCCO)cc(C(C)(C)C)c1O. The Morgan fingerprint density at radius 2 is 1.23 bits per heavy atom. The molecule has 0 atom stereocenters. The van der Waals surface area contributed by atoms with Crippen LogP contribution in [0.1, 0.15) is 83.9 Å². The van der Waals surface area contributed by atoms with Crippen molar-refractivity contribution in [3.8, 4) is 5.75 Å². The van der Waals surface area contributed by atoms with Crippen molar-refractivity contribution < 1.29 is 10.2 Å². The Hall–Kier alpha value is -1.02. The number of phenols is 1. The second-order valence-electron chi connectivity index (χ2n) is 8.43. The number of aliphatic hydroxyl groups excluding tert-OH is 1. The number of rotatable bonds is 6. The number of hydrogen-bond acceptors (Lipinski definition) is 2. The van der Waals surface area contributed by atoms with Crippen LogP contribution in [0.2, 0.25) is 0 Å². The Morgan fingerprint density at radius 1 is 0.773 bits per heavy atom. The van der Waals surface area contributed by atoms with Gasteiger partial charge in [-0.3, -0.25) is 0 Å². The van der Waals surface area contributed by atoms with E-state index in [2.05, 4.69) is 53.7 Å². The average molecular weight is 306 g/mol. The van der Waals surface area contributed by atoms with E-state index in [0.717, 1.165) is 43.2 Å². The number of aliphatic hydroxyl groups is 1. The summed E-state index contributed by atoms with van der Waals surface area (Å²) >= 11 is 0. The van der Waals surface area contributed by atoms with E-state index in [4.69, 9.17) is 5.11 Å². The van der Waals surface area contributed by atoms with Gasteiger partial charge in [0.25, 0.3) is 0 Å². The molecule has 0 radical (unpaired) electrons. The van der Waals surface area contributed by atoms with Crippen molar-refractivity contribution >= 4 is 0 Å². The third-order valence-electron chi connectivity index (χ3n) is 4.16. The van der Waals surface area contributed by atoms with Crippen LogP contribution in [0, 0.1) is 0 Å². The fourth-order valence-corrected chi connectivity index (χ4v) is 2.78. The van der Waals surface area contributed by atoms with E-state index >= 15 is 0 Å². The van der Waals surface area contributed by atoms with E-state index in [1.54, 1.807) is 0 Å². The zero-order valence-electron chi connectivity index (χ0n) is 15.3. The number of phenolic OH excluding ortho intramolecular Hbond substituents is 1. The molecule has 0 aliphatic rings. The summed E-state index contributed by atoms with van der Waals surface area (Å²) in [6, 6.07) is 4.35. The molecular weight excluding hydrogens is 272 g/mol. The van der Waals surface area contributed by atoms with Crippen LogP contribution < -0.4 is 0 Å². The van der Waals surface area contributed by atoms with Crippen LogP contribution in [0.3, 0.4) is 0 Å². The highest BCUT2D eigenvalue weighted by Crippen LogP contribution is 2.40. The summed E-state index contributed by atoms with van der Waals surface area (Å²) in [6.07, 6.45) is 5.32. The fourth-order valence-electron chi connectivity index (χ4n) is 2.78. The first-order valence-electron chi connectivity index (χ1n) is 8.55. The minimum atomic E-state index is -0.0585. The molecule has 0 aromatic heterocycles. The van der Waals surface area contributed by atoms with Crippen molar-refractivity contribution in [1.29, 1.82) is 0 Å². The molecule has 0 aliphatic heterocycles. The number of hydrogen-bond donors (Lipinski definition) is 2. The maximum Gasteiger partial charge on any atom is 0.123 e. The Labute approximate surface area is 136 Å². The Kier molecular flexibility index (Phi) is 6.49. The summed E-state index contributed by atoms with van der Waals surface area (Å²) < 4.78 is 0. The maximum atomic E-state index is 10.7. The Balaban J connectivity index is 3.03. The number of aromatic hydroxyl groups is 1. The molecule has 2 N–H and O–H groups in total. The van der Waals surface area contributed by atoms with Gasteiger partial charge in [-0.25, -0.2) is 0 Å². The first-order valence-corrected chi connectivity index (χ1v) is 8.55. The molecule has 0 amide bonds. The minimum absolute atomic E-state index is 0.0585. The summed E-state index contributed by atoms with van der Waals surface area (Å²) in [4.78, 5) is 0. The van der Waals surface area contributed by atoms with Crippen LogP contribution in [-0.2, 0) is 17.3 Å². The maximum absolute atomic E-state index is 10.7. The predicted octanol–water partition coefficient (Wildman–Crippen LogP) is 5.08. The van der Waals surface area contributed by atoms with E-state index in [0.29, 0.717) is 12.4 Å². The van der Waals surface area contributed by atoms with Gasteiger partial charge in [0, 0.05) is 6.61 Å². The standard InChI is InChI=1S/C20H34O2/c1-19(2,3)16-13-15(11-9-7-8-10-12-21)14-17(18(16)22)20(4,5)6/h13-14,21-22H,7-12H2,1-6H3. The van der Waals surface area contributed by atoms with Crippen molar-refractivity contribution in [2.24, 2.45) is 0 Å². The van der Waals surface area contributed by atoms with Crippen LogP contribution in [-0.4, -0.2) is 16.8 Å². The molecule has 0 unspecified atom stereocenters. The molecule has 0 saturated heterocycles. The fraction of sp³-hybridized carbons (Fsp3) is 0.700. The lowest BCUT2D eigenvalue weighted by atomic mass is 9.78. The molecule has 0 heterocycles. The summed E-state index contributed by atoms with van der Waals surface area (Å²) in [7, 11) is 0. The quantitative estimate of drug-likeness (QED) is 0.719. The van der Waals surface area contributed by atoms with Crippen LogP contribution in [0.4, 0.5) is 0 Å². The third-order valence-corrected chi connectivity index (χ3v) is 4.16. The summed E-state index contributed by atoms with van der Waals surface area (Å²) in [5.74, 6) is 0.462. The molecule has 0 saturated carbocycles. The summed E-state index contributed by atoms with van der Waals surface area (Å²) in [5.41, 5.74) is 3.29. The molecule has 0 bridgehead atoms. The Morgan fingerprint density at radius 3 is 1.64 bits per heavy atom. The van der Waals surface area contributed by atoms with Gasteiger partial charge in [0.05, 0.1) is 0 Å². The van der Waals surface area contributed by atoms with E-state index in [1.165, 1.54) is 5.56 Å². The number of unbranched alkanes of at least 4 members (excludes halogenated alkanes) is 3. The van der Waals surface area contributed by atoms with Gasteiger partial charge in [0.15, 0.2) is 0 Å². The van der Waals surface area contributed by atoms with Gasteiger partial charge in [0.2, 0.25) is 0 Å². The van der Waals surface area contributed by atoms with E-state index in [9.17, 15) is 5.11 Å². The number of benzene rings is 1. The average Bonchev–Trinajstić information content (AvgIpc) is 2.37. The van der Waals surface area contributed by atoms with E-state index in [1.807, 2.05) is 0 Å². The van der Waals surface area contributed by atoms with Crippen molar-refractivity contribution in [1.82, 2.24) is 0 Å². The van der Waals surface area contributed by atoms with Gasteiger partial charge in [-0.2, -0.15) is 0 Å². The van der Waals surface area contributed by atoms with Gasteiger partial charge in [-0.05, 0) is 46.8 Å². The van der Waals surface area contributed by atoms with Crippen molar-refractivity contribution in [2.75, 3.05) is 6.61 Å². The van der Waals surface area contributed by atoms with Crippen LogP contribution in [0.15, 0.2) is 12.1 Å². The van der Waals surface area contributed by atoms with Gasteiger partial charge < -0.3 is 10.2 Å². The lowest BCUT2D eigenvalue weighted by Gasteiger charge is -2.28. The topological polar surface area (TPSA) is 40.5 Å². The largest absolute Gasteiger partial charge is 0.507 e. The zero-order chi connectivity index (χ0) is 17.0. The van der Waals surface area contributed by atoms with Gasteiger partial charge >= 0.3 is 0 Å². The minimum Gasteiger partial charge on any atom is -0.507 e. The van der Waals surface area contributed by atoms with Crippen LogP contribution in [0.25, 0.3) is 0 Å². The summed E-state index contributed by atoms with van der Waals surface area (Å²) in [5, 5.41) is 19.5.